The average Bonchev–Trinajstić information content (AvgIpc) is 3.10. The average molecular weight is 358 g/mol. The van der Waals surface area contributed by atoms with Gasteiger partial charge in [-0.05, 0) is 37.2 Å². The number of anilines is 1. The molecule has 3 rings (SSSR count). The fourth-order valence-electron chi connectivity index (χ4n) is 3.18. The van der Waals surface area contributed by atoms with Crippen LogP contribution in [0, 0.1) is 0 Å². The zero-order chi connectivity index (χ0) is 17.9. The van der Waals surface area contributed by atoms with Crippen molar-refractivity contribution < 1.29 is 22.7 Å². The Bertz CT molecular complexity index is 580. The first-order valence-corrected chi connectivity index (χ1v) is 8.27. The number of rotatable bonds is 3. The van der Waals surface area contributed by atoms with Crippen molar-refractivity contribution in [3.63, 3.8) is 0 Å². The van der Waals surface area contributed by atoms with Crippen molar-refractivity contribution in [1.29, 1.82) is 0 Å². The second-order valence-electron chi connectivity index (χ2n) is 6.17. The summed E-state index contributed by atoms with van der Waals surface area (Å²) in [5, 5.41) is 6.05. The van der Waals surface area contributed by atoms with Crippen molar-refractivity contribution in [1.82, 2.24) is 15.1 Å². The molecule has 2 aliphatic heterocycles. The lowest BCUT2D eigenvalue weighted by Gasteiger charge is -2.37. The topological polar surface area (TPSA) is 56.8 Å². The number of carbonyl (C=O) groups is 1. The Labute approximate surface area is 143 Å². The molecule has 2 amide bonds. The molecule has 0 radical (unpaired) electrons. The number of benzene rings is 1. The molecule has 2 aliphatic rings. The third-order valence-corrected chi connectivity index (χ3v) is 4.49. The number of nitrogens with one attached hydrogen (secondary N) is 2. The van der Waals surface area contributed by atoms with Crippen LogP contribution in [-0.2, 0) is 0 Å². The molecular weight excluding hydrogens is 337 g/mol. The number of hydrogen-bond donors (Lipinski definition) is 2. The molecule has 0 saturated carbocycles. The molecule has 9 heteroatoms. The van der Waals surface area contributed by atoms with E-state index in [4.69, 9.17) is 0 Å². The largest absolute Gasteiger partial charge is 0.573 e. The van der Waals surface area contributed by atoms with Crippen LogP contribution in [0.4, 0.5) is 23.7 Å². The van der Waals surface area contributed by atoms with Gasteiger partial charge in [-0.2, -0.15) is 0 Å². The fraction of sp³-hybridized carbons (Fsp3) is 0.562. The number of urea groups is 1. The van der Waals surface area contributed by atoms with E-state index in [2.05, 4.69) is 20.3 Å². The summed E-state index contributed by atoms with van der Waals surface area (Å²) in [6.45, 7) is 4.98. The number of carbonyl (C=O) groups excluding carboxylic acids is 1. The van der Waals surface area contributed by atoms with Gasteiger partial charge < -0.3 is 20.3 Å². The van der Waals surface area contributed by atoms with Crippen molar-refractivity contribution in [2.24, 2.45) is 0 Å². The molecule has 0 aliphatic carbocycles. The van der Waals surface area contributed by atoms with Crippen molar-refractivity contribution >= 4 is 11.7 Å². The number of ether oxygens (including phenoxy) is 1. The number of amides is 2. The van der Waals surface area contributed by atoms with Crippen LogP contribution in [0.1, 0.15) is 6.42 Å². The second kappa shape index (κ2) is 7.49. The van der Waals surface area contributed by atoms with E-state index in [9.17, 15) is 18.0 Å². The van der Waals surface area contributed by atoms with Crippen LogP contribution >= 0.6 is 0 Å². The Morgan fingerprint density at radius 1 is 1.16 bits per heavy atom. The third kappa shape index (κ3) is 4.99. The van der Waals surface area contributed by atoms with E-state index in [1.807, 2.05) is 0 Å². The summed E-state index contributed by atoms with van der Waals surface area (Å²) >= 11 is 0. The maximum absolute atomic E-state index is 12.3. The first-order valence-electron chi connectivity index (χ1n) is 8.27. The minimum Gasteiger partial charge on any atom is -0.406 e. The monoisotopic (exact) mass is 358 g/mol. The lowest BCUT2D eigenvalue weighted by molar-refractivity contribution is -0.274. The van der Waals surface area contributed by atoms with E-state index < -0.39 is 6.36 Å². The van der Waals surface area contributed by atoms with Crippen LogP contribution in [0.2, 0.25) is 0 Å². The molecule has 0 bridgehead atoms. The first-order chi connectivity index (χ1) is 11.9. The summed E-state index contributed by atoms with van der Waals surface area (Å²) in [6, 6.07) is 5.43. The molecule has 1 atom stereocenters. The standard InChI is InChI=1S/C16H21F3N4O2/c17-16(18,19)25-14-3-1-12(2-4-14)21-15(24)23-9-7-22(8-10-23)13-5-6-20-11-13/h1-4,13,20H,5-11H2,(H,21,24). The molecule has 6 nitrogen and oxygen atoms in total. The van der Waals surface area contributed by atoms with Gasteiger partial charge >= 0.3 is 12.4 Å². The third-order valence-electron chi connectivity index (χ3n) is 4.49. The molecule has 2 fully saturated rings. The second-order valence-corrected chi connectivity index (χ2v) is 6.17. The molecule has 0 spiro atoms. The molecule has 1 aromatic carbocycles. The van der Waals surface area contributed by atoms with Gasteiger partial charge in [-0.25, -0.2) is 4.79 Å². The smallest absolute Gasteiger partial charge is 0.406 e. The number of halogens is 3. The van der Waals surface area contributed by atoms with Crippen LogP contribution < -0.4 is 15.4 Å². The highest BCUT2D eigenvalue weighted by atomic mass is 19.4. The summed E-state index contributed by atoms with van der Waals surface area (Å²) < 4.78 is 40.2. The maximum atomic E-state index is 12.3. The van der Waals surface area contributed by atoms with Gasteiger partial charge in [-0.3, -0.25) is 4.90 Å². The molecule has 25 heavy (non-hydrogen) atoms. The SMILES string of the molecule is O=C(Nc1ccc(OC(F)(F)F)cc1)N1CCN(C2CCNC2)CC1. The van der Waals surface area contributed by atoms with E-state index in [1.165, 1.54) is 24.3 Å². The first kappa shape index (κ1) is 17.8. The lowest BCUT2D eigenvalue weighted by atomic mass is 10.2. The Morgan fingerprint density at radius 2 is 1.84 bits per heavy atom. The zero-order valence-corrected chi connectivity index (χ0v) is 13.7. The highest BCUT2D eigenvalue weighted by Crippen LogP contribution is 2.24. The van der Waals surface area contributed by atoms with Gasteiger partial charge in [0.15, 0.2) is 0 Å². The van der Waals surface area contributed by atoms with E-state index >= 15 is 0 Å². The van der Waals surface area contributed by atoms with Gasteiger partial charge in [0.2, 0.25) is 0 Å². The summed E-state index contributed by atoms with van der Waals surface area (Å²) in [4.78, 5) is 16.4. The fourth-order valence-corrected chi connectivity index (χ4v) is 3.18. The van der Waals surface area contributed by atoms with Gasteiger partial charge in [0.05, 0.1) is 0 Å². The Kier molecular flexibility index (Phi) is 5.33. The van der Waals surface area contributed by atoms with E-state index in [1.54, 1.807) is 4.90 Å². The predicted octanol–water partition coefficient (Wildman–Crippen LogP) is 2.10. The van der Waals surface area contributed by atoms with Crippen molar-refractivity contribution in [2.45, 2.75) is 18.8 Å². The molecule has 2 heterocycles. The van der Waals surface area contributed by atoms with E-state index in [-0.39, 0.29) is 11.8 Å². The molecule has 2 saturated heterocycles. The molecule has 1 aromatic rings. The maximum Gasteiger partial charge on any atom is 0.573 e. The highest BCUT2D eigenvalue weighted by molar-refractivity contribution is 5.89. The van der Waals surface area contributed by atoms with Gasteiger partial charge in [-0.15, -0.1) is 13.2 Å². The molecule has 0 aromatic heterocycles. The number of piperazine rings is 1. The Balaban J connectivity index is 1.47. The number of alkyl halides is 3. The van der Waals surface area contributed by atoms with E-state index in [0.29, 0.717) is 24.8 Å². The van der Waals surface area contributed by atoms with Crippen molar-refractivity contribution in [3.05, 3.63) is 24.3 Å². The zero-order valence-electron chi connectivity index (χ0n) is 13.7. The van der Waals surface area contributed by atoms with Gasteiger partial charge in [0, 0.05) is 44.5 Å². The summed E-state index contributed by atoms with van der Waals surface area (Å²) in [5.74, 6) is -0.315. The van der Waals surface area contributed by atoms with Crippen LogP contribution in [0.5, 0.6) is 5.75 Å². The minimum absolute atomic E-state index is 0.242. The minimum atomic E-state index is -4.72. The Hall–Kier alpha value is -2.00. The predicted molar refractivity (Wildman–Crippen MR) is 86.6 cm³/mol. The van der Waals surface area contributed by atoms with Crippen LogP contribution in [-0.4, -0.2) is 67.5 Å². The summed E-state index contributed by atoms with van der Waals surface area (Å²) in [7, 11) is 0. The number of nitrogens with zero attached hydrogens (tertiary/aromatic N) is 2. The molecule has 2 N–H and O–H groups in total. The number of hydrogen-bond acceptors (Lipinski definition) is 4. The van der Waals surface area contributed by atoms with Gasteiger partial charge in [-0.1, -0.05) is 0 Å². The Morgan fingerprint density at radius 3 is 2.40 bits per heavy atom. The molecule has 138 valence electrons. The molecular formula is C16H21F3N4O2. The van der Waals surface area contributed by atoms with Gasteiger partial charge in [0.1, 0.15) is 5.75 Å². The lowest BCUT2D eigenvalue weighted by Crippen LogP contribution is -2.53. The summed E-state index contributed by atoms with van der Waals surface area (Å²) in [6.07, 6.45) is -3.59. The van der Waals surface area contributed by atoms with E-state index in [0.717, 1.165) is 32.6 Å². The normalized spacial score (nSPS) is 22.0. The van der Waals surface area contributed by atoms with Crippen LogP contribution in [0.25, 0.3) is 0 Å². The van der Waals surface area contributed by atoms with Crippen molar-refractivity contribution in [2.75, 3.05) is 44.6 Å². The van der Waals surface area contributed by atoms with Crippen molar-refractivity contribution in [3.8, 4) is 5.75 Å². The quantitative estimate of drug-likeness (QED) is 0.869. The van der Waals surface area contributed by atoms with Gasteiger partial charge in [0.25, 0.3) is 0 Å². The van der Waals surface area contributed by atoms with Crippen LogP contribution in [0.15, 0.2) is 24.3 Å². The molecule has 1 unspecified atom stereocenters. The van der Waals surface area contributed by atoms with Crippen LogP contribution in [0.3, 0.4) is 0 Å². The highest BCUT2D eigenvalue weighted by Gasteiger charge is 2.31. The summed E-state index contributed by atoms with van der Waals surface area (Å²) in [5.41, 5.74) is 0.432.